The van der Waals surface area contributed by atoms with E-state index in [0.29, 0.717) is 16.5 Å². The molecule has 0 amide bonds. The molecule has 3 aromatic rings. The number of imidazole rings is 1. The standard InChI is InChI=1S/C22H29N3O2S2/c1-16(2)12-20-14-18(21(28-20)29(26,27)24-22(3,4)5)13-17-6-8-19(9-7-17)25-11-10-23-15-25/h6-11,14-16,24H,12-13H2,1-5H3. The van der Waals surface area contributed by atoms with Crippen molar-refractivity contribution in [2.24, 2.45) is 5.92 Å². The molecule has 1 N–H and O–H groups in total. The summed E-state index contributed by atoms with van der Waals surface area (Å²) in [4.78, 5) is 5.18. The lowest BCUT2D eigenvalue weighted by atomic mass is 10.1. The van der Waals surface area contributed by atoms with Gasteiger partial charge in [-0.15, -0.1) is 11.3 Å². The van der Waals surface area contributed by atoms with E-state index in [0.717, 1.165) is 28.1 Å². The van der Waals surface area contributed by atoms with E-state index in [1.165, 1.54) is 11.3 Å². The predicted molar refractivity (Wildman–Crippen MR) is 119 cm³/mol. The molecule has 0 saturated carbocycles. The van der Waals surface area contributed by atoms with E-state index in [9.17, 15) is 8.42 Å². The number of nitrogens with one attached hydrogen (secondary N) is 1. The van der Waals surface area contributed by atoms with Crippen LogP contribution in [0.1, 0.15) is 50.6 Å². The van der Waals surface area contributed by atoms with Gasteiger partial charge in [-0.05, 0) is 68.9 Å². The lowest BCUT2D eigenvalue weighted by Gasteiger charge is -2.20. The molecule has 0 aliphatic rings. The molecular weight excluding hydrogens is 402 g/mol. The number of hydrogen-bond acceptors (Lipinski definition) is 4. The van der Waals surface area contributed by atoms with Crippen LogP contribution in [0.25, 0.3) is 5.69 Å². The summed E-state index contributed by atoms with van der Waals surface area (Å²) in [5.74, 6) is 0.474. The van der Waals surface area contributed by atoms with E-state index in [1.54, 1.807) is 12.5 Å². The van der Waals surface area contributed by atoms with Gasteiger partial charge < -0.3 is 4.57 Å². The fourth-order valence-corrected chi connectivity index (χ4v) is 6.57. The van der Waals surface area contributed by atoms with Crippen molar-refractivity contribution >= 4 is 21.4 Å². The molecule has 3 rings (SSSR count). The van der Waals surface area contributed by atoms with Gasteiger partial charge in [-0.1, -0.05) is 26.0 Å². The highest BCUT2D eigenvalue weighted by atomic mass is 32.2. The molecule has 2 heterocycles. The average molecular weight is 432 g/mol. The van der Waals surface area contributed by atoms with Crippen molar-refractivity contribution in [3.05, 3.63) is 65.1 Å². The Balaban J connectivity index is 1.92. The summed E-state index contributed by atoms with van der Waals surface area (Å²) >= 11 is 1.39. The molecule has 0 atom stereocenters. The van der Waals surface area contributed by atoms with Crippen LogP contribution in [0, 0.1) is 5.92 Å². The molecular formula is C22H29N3O2S2. The predicted octanol–water partition coefficient (Wildman–Crippen LogP) is 4.80. The molecule has 0 aliphatic carbocycles. The lowest BCUT2D eigenvalue weighted by molar-refractivity contribution is 0.492. The van der Waals surface area contributed by atoms with Gasteiger partial charge in [-0.2, -0.15) is 0 Å². The van der Waals surface area contributed by atoms with Crippen molar-refractivity contribution in [2.75, 3.05) is 0 Å². The van der Waals surface area contributed by atoms with Gasteiger partial charge in [-0.25, -0.2) is 18.1 Å². The number of hydrogen-bond donors (Lipinski definition) is 1. The maximum absolute atomic E-state index is 13.1. The Bertz CT molecular complexity index is 1040. The molecule has 156 valence electrons. The van der Waals surface area contributed by atoms with Crippen molar-refractivity contribution in [1.29, 1.82) is 0 Å². The minimum absolute atomic E-state index is 0.432. The smallest absolute Gasteiger partial charge is 0.250 e. The van der Waals surface area contributed by atoms with Crippen LogP contribution in [0.2, 0.25) is 0 Å². The molecule has 5 nitrogen and oxygen atoms in total. The molecule has 0 bridgehead atoms. The van der Waals surface area contributed by atoms with Gasteiger partial charge in [0, 0.05) is 28.5 Å². The highest BCUT2D eigenvalue weighted by Gasteiger charge is 2.27. The van der Waals surface area contributed by atoms with Crippen molar-refractivity contribution in [3.63, 3.8) is 0 Å². The average Bonchev–Trinajstić information content (AvgIpc) is 3.23. The molecule has 0 radical (unpaired) electrons. The fourth-order valence-electron chi connectivity index (χ4n) is 3.19. The molecule has 1 aromatic carbocycles. The Morgan fingerprint density at radius 3 is 2.41 bits per heavy atom. The number of sulfonamides is 1. The molecule has 0 saturated heterocycles. The van der Waals surface area contributed by atoms with Crippen LogP contribution in [0.15, 0.2) is 53.3 Å². The second-order valence-electron chi connectivity index (χ2n) is 8.79. The third kappa shape index (κ3) is 5.78. The van der Waals surface area contributed by atoms with E-state index in [1.807, 2.05) is 55.8 Å². The largest absolute Gasteiger partial charge is 0.306 e. The van der Waals surface area contributed by atoms with Crippen LogP contribution < -0.4 is 4.72 Å². The second kappa shape index (κ2) is 8.42. The quantitative estimate of drug-likeness (QED) is 0.584. The summed E-state index contributed by atoms with van der Waals surface area (Å²) in [5, 5.41) is 0. The molecule has 29 heavy (non-hydrogen) atoms. The van der Waals surface area contributed by atoms with Gasteiger partial charge in [0.1, 0.15) is 4.21 Å². The first-order chi connectivity index (χ1) is 13.5. The van der Waals surface area contributed by atoms with Gasteiger partial charge >= 0.3 is 0 Å². The monoisotopic (exact) mass is 431 g/mol. The Labute approximate surface area is 177 Å². The molecule has 0 aliphatic heterocycles. The van der Waals surface area contributed by atoms with Gasteiger partial charge in [-0.3, -0.25) is 0 Å². The van der Waals surface area contributed by atoms with Gasteiger partial charge in [0.15, 0.2) is 0 Å². The SMILES string of the molecule is CC(C)Cc1cc(Cc2ccc(-n3ccnc3)cc2)c(S(=O)(=O)NC(C)(C)C)s1. The normalized spacial score (nSPS) is 12.6. The topological polar surface area (TPSA) is 64.0 Å². The minimum atomic E-state index is -3.57. The summed E-state index contributed by atoms with van der Waals surface area (Å²) in [6.45, 7) is 9.89. The van der Waals surface area contributed by atoms with Gasteiger partial charge in [0.25, 0.3) is 10.0 Å². The van der Waals surface area contributed by atoms with Crippen LogP contribution in [0.5, 0.6) is 0 Å². The zero-order chi connectivity index (χ0) is 21.2. The number of aromatic nitrogens is 2. The number of nitrogens with zero attached hydrogens (tertiary/aromatic N) is 2. The summed E-state index contributed by atoms with van der Waals surface area (Å²) in [5.41, 5.74) is 2.44. The van der Waals surface area contributed by atoms with E-state index < -0.39 is 15.6 Å². The summed E-state index contributed by atoms with van der Waals surface area (Å²) in [6.07, 6.45) is 6.86. The Morgan fingerprint density at radius 1 is 1.17 bits per heavy atom. The zero-order valence-corrected chi connectivity index (χ0v) is 19.3. The molecule has 2 aromatic heterocycles. The molecule has 7 heteroatoms. The third-order valence-corrected chi connectivity index (χ3v) is 7.78. The Hall–Kier alpha value is -1.96. The lowest BCUT2D eigenvalue weighted by Crippen LogP contribution is -2.40. The van der Waals surface area contributed by atoms with Gasteiger partial charge in [0.05, 0.1) is 6.33 Å². The number of benzene rings is 1. The zero-order valence-electron chi connectivity index (χ0n) is 17.6. The van der Waals surface area contributed by atoms with Crippen LogP contribution in [0.4, 0.5) is 0 Å². The second-order valence-corrected chi connectivity index (χ2v) is 11.8. The third-order valence-electron chi connectivity index (χ3n) is 4.25. The van der Waals surface area contributed by atoms with E-state index in [-0.39, 0.29) is 0 Å². The first-order valence-corrected chi connectivity index (χ1v) is 12.1. The summed E-state index contributed by atoms with van der Waals surface area (Å²) in [6, 6.07) is 10.2. The van der Waals surface area contributed by atoms with Crippen molar-refractivity contribution < 1.29 is 8.42 Å². The summed E-state index contributed by atoms with van der Waals surface area (Å²) in [7, 11) is -3.57. The maximum Gasteiger partial charge on any atom is 0.250 e. The van der Waals surface area contributed by atoms with Crippen molar-refractivity contribution in [2.45, 2.75) is 57.2 Å². The number of rotatable bonds is 7. The Morgan fingerprint density at radius 2 is 1.86 bits per heavy atom. The van der Waals surface area contributed by atoms with Crippen molar-refractivity contribution in [1.82, 2.24) is 14.3 Å². The molecule has 0 fully saturated rings. The highest BCUT2D eigenvalue weighted by Crippen LogP contribution is 2.31. The minimum Gasteiger partial charge on any atom is -0.306 e. The van der Waals surface area contributed by atoms with Crippen LogP contribution in [-0.2, 0) is 22.9 Å². The van der Waals surface area contributed by atoms with Crippen molar-refractivity contribution in [3.8, 4) is 5.69 Å². The number of thiophene rings is 1. The van der Waals surface area contributed by atoms with E-state index >= 15 is 0 Å². The maximum atomic E-state index is 13.1. The first-order valence-electron chi connectivity index (χ1n) is 9.76. The highest BCUT2D eigenvalue weighted by molar-refractivity contribution is 7.91. The first kappa shape index (κ1) is 21.7. The van der Waals surface area contributed by atoms with Gasteiger partial charge in [0.2, 0.25) is 0 Å². The van der Waals surface area contributed by atoms with Crippen LogP contribution >= 0.6 is 11.3 Å². The van der Waals surface area contributed by atoms with E-state index in [4.69, 9.17) is 0 Å². The van der Waals surface area contributed by atoms with E-state index in [2.05, 4.69) is 29.6 Å². The Kier molecular flexibility index (Phi) is 6.31. The summed E-state index contributed by atoms with van der Waals surface area (Å²) < 4.78 is 31.3. The fraction of sp³-hybridized carbons (Fsp3) is 0.409. The van der Waals surface area contributed by atoms with Crippen LogP contribution in [-0.4, -0.2) is 23.5 Å². The van der Waals surface area contributed by atoms with Crippen LogP contribution in [0.3, 0.4) is 0 Å². The molecule has 0 unspecified atom stereocenters. The molecule has 0 spiro atoms.